The number of hydrogen-bond donors (Lipinski definition) is 0. The minimum absolute atomic E-state index is 0.316. The van der Waals surface area contributed by atoms with Gasteiger partial charge in [0.25, 0.3) is 0 Å². The average molecular weight is 223 g/mol. The van der Waals surface area contributed by atoms with Crippen molar-refractivity contribution in [2.45, 2.75) is 45.3 Å². The smallest absolute Gasteiger partial charge is 0.335 e. The fourth-order valence-corrected chi connectivity index (χ4v) is 1.44. The molecule has 88 valence electrons. The number of rotatable bonds is 1. The van der Waals surface area contributed by atoms with Crippen molar-refractivity contribution in [2.75, 3.05) is 6.61 Å². The molecule has 1 aliphatic heterocycles. The number of carbonyl (C=O) groups is 1. The quantitative estimate of drug-likeness (QED) is 0.503. The van der Waals surface area contributed by atoms with Crippen LogP contribution in [0.3, 0.4) is 0 Å². The summed E-state index contributed by atoms with van der Waals surface area (Å²) in [4.78, 5) is 11.6. The summed E-state index contributed by atoms with van der Waals surface area (Å²) >= 11 is 0. The minimum Gasteiger partial charge on any atom is -0.458 e. The third kappa shape index (κ3) is 4.03. The summed E-state index contributed by atoms with van der Waals surface area (Å²) in [5.41, 5.74) is 0.450. The fourth-order valence-electron chi connectivity index (χ4n) is 1.44. The Kier molecular flexibility index (Phi) is 4.08. The Bertz CT molecular complexity index is 323. The Morgan fingerprint density at radius 1 is 1.62 bits per heavy atom. The fraction of sp³-hybridized carbons (Fsp3) is 0.667. The molecule has 0 aromatic heterocycles. The highest BCUT2D eigenvalue weighted by atomic mass is 16.6. The molecule has 0 amide bonds. The van der Waals surface area contributed by atoms with Crippen LogP contribution in [0.5, 0.6) is 0 Å². The maximum Gasteiger partial charge on any atom is 0.335 e. The van der Waals surface area contributed by atoms with Crippen LogP contribution in [0.1, 0.15) is 33.6 Å². The first kappa shape index (κ1) is 12.7. The molecule has 1 aliphatic rings. The molecule has 1 heterocycles. The molecule has 1 rings (SSSR count). The Balaban J connectivity index is 2.46. The number of nitrogens with zero attached hydrogens (tertiary/aromatic N) is 1. The van der Waals surface area contributed by atoms with Crippen LogP contribution < -0.4 is 0 Å². The summed E-state index contributed by atoms with van der Waals surface area (Å²) in [6.45, 7) is 5.83. The zero-order valence-corrected chi connectivity index (χ0v) is 9.95. The number of carbonyl (C=O) groups excluding carboxylic acids is 1. The van der Waals surface area contributed by atoms with Gasteiger partial charge >= 0.3 is 5.97 Å². The molecule has 1 fully saturated rings. The number of hydrogen-bond acceptors (Lipinski definition) is 4. The number of esters is 1. The van der Waals surface area contributed by atoms with Crippen molar-refractivity contribution < 1.29 is 14.3 Å². The van der Waals surface area contributed by atoms with Crippen molar-refractivity contribution in [2.24, 2.45) is 0 Å². The van der Waals surface area contributed by atoms with Crippen molar-refractivity contribution >= 4 is 5.97 Å². The van der Waals surface area contributed by atoms with Gasteiger partial charge in [0.15, 0.2) is 6.10 Å². The predicted molar refractivity (Wildman–Crippen MR) is 58.5 cm³/mol. The van der Waals surface area contributed by atoms with Gasteiger partial charge in [0, 0.05) is 6.08 Å². The SMILES string of the molecule is CC(C)(C)OC(=O)[C@@H]1CC/C(=C/C#N)CO1. The van der Waals surface area contributed by atoms with E-state index < -0.39 is 11.7 Å². The Labute approximate surface area is 95.8 Å². The Hall–Kier alpha value is -1.34. The molecule has 0 radical (unpaired) electrons. The highest BCUT2D eigenvalue weighted by Crippen LogP contribution is 2.20. The highest BCUT2D eigenvalue weighted by Gasteiger charge is 2.28. The van der Waals surface area contributed by atoms with Crippen molar-refractivity contribution in [1.82, 2.24) is 0 Å². The van der Waals surface area contributed by atoms with E-state index in [1.807, 2.05) is 26.8 Å². The third-order valence-electron chi connectivity index (χ3n) is 2.14. The lowest BCUT2D eigenvalue weighted by Gasteiger charge is -2.27. The van der Waals surface area contributed by atoms with E-state index in [4.69, 9.17) is 14.7 Å². The normalized spacial score (nSPS) is 23.9. The standard InChI is InChI=1S/C12H17NO3/c1-12(2,3)16-11(14)10-5-4-9(6-7-13)8-15-10/h6,10H,4-5,8H2,1-3H3/b9-6-/t10-/m0/s1. The molecular formula is C12H17NO3. The lowest BCUT2D eigenvalue weighted by Crippen LogP contribution is -2.35. The van der Waals surface area contributed by atoms with Crippen molar-refractivity contribution in [3.05, 3.63) is 11.6 Å². The van der Waals surface area contributed by atoms with E-state index in [2.05, 4.69) is 0 Å². The van der Waals surface area contributed by atoms with Crippen LogP contribution >= 0.6 is 0 Å². The van der Waals surface area contributed by atoms with E-state index in [0.717, 1.165) is 12.0 Å². The number of ether oxygens (including phenoxy) is 2. The molecule has 0 aliphatic carbocycles. The van der Waals surface area contributed by atoms with Gasteiger partial charge in [-0.05, 0) is 39.2 Å². The molecule has 16 heavy (non-hydrogen) atoms. The summed E-state index contributed by atoms with van der Waals surface area (Å²) in [6.07, 6.45) is 2.29. The summed E-state index contributed by atoms with van der Waals surface area (Å²) in [5, 5.41) is 8.47. The largest absolute Gasteiger partial charge is 0.458 e. The topological polar surface area (TPSA) is 59.3 Å². The van der Waals surface area contributed by atoms with Gasteiger partial charge in [0.05, 0.1) is 12.7 Å². The second kappa shape index (κ2) is 5.13. The van der Waals surface area contributed by atoms with Crippen LogP contribution in [0.2, 0.25) is 0 Å². The second-order valence-corrected chi connectivity index (χ2v) is 4.80. The molecule has 4 heteroatoms. The molecule has 0 N–H and O–H groups in total. The molecule has 0 aromatic carbocycles. The molecule has 0 unspecified atom stereocenters. The van der Waals surface area contributed by atoms with Gasteiger partial charge in [-0.25, -0.2) is 4.79 Å². The molecule has 1 atom stereocenters. The van der Waals surface area contributed by atoms with Gasteiger partial charge in [-0.3, -0.25) is 0 Å². The highest BCUT2D eigenvalue weighted by molar-refractivity contribution is 5.75. The Morgan fingerprint density at radius 3 is 2.75 bits per heavy atom. The average Bonchev–Trinajstić information content (AvgIpc) is 2.16. The van der Waals surface area contributed by atoms with E-state index in [1.165, 1.54) is 6.08 Å². The van der Waals surface area contributed by atoms with Crippen LogP contribution in [-0.4, -0.2) is 24.3 Å². The summed E-state index contributed by atoms with van der Waals surface area (Å²) in [5.74, 6) is -0.316. The van der Waals surface area contributed by atoms with Gasteiger partial charge < -0.3 is 9.47 Å². The molecule has 0 saturated carbocycles. The number of allylic oxidation sites excluding steroid dienone is 1. The molecule has 4 nitrogen and oxygen atoms in total. The van der Waals surface area contributed by atoms with Gasteiger partial charge in [-0.15, -0.1) is 0 Å². The van der Waals surface area contributed by atoms with Crippen LogP contribution in [-0.2, 0) is 14.3 Å². The maximum atomic E-state index is 11.6. The van der Waals surface area contributed by atoms with Gasteiger partial charge in [-0.2, -0.15) is 5.26 Å². The summed E-state index contributed by atoms with van der Waals surface area (Å²) < 4.78 is 10.6. The molecule has 0 spiro atoms. The van der Waals surface area contributed by atoms with Gasteiger partial charge in [0.1, 0.15) is 5.60 Å². The molecule has 0 aromatic rings. The van der Waals surface area contributed by atoms with Crippen molar-refractivity contribution in [3.63, 3.8) is 0 Å². The van der Waals surface area contributed by atoms with Crippen molar-refractivity contribution in [3.8, 4) is 6.07 Å². The monoisotopic (exact) mass is 223 g/mol. The van der Waals surface area contributed by atoms with Crippen LogP contribution in [0.4, 0.5) is 0 Å². The predicted octanol–water partition coefficient (Wildman–Crippen LogP) is 1.96. The van der Waals surface area contributed by atoms with E-state index in [0.29, 0.717) is 13.0 Å². The maximum absolute atomic E-state index is 11.6. The molecular weight excluding hydrogens is 206 g/mol. The van der Waals surface area contributed by atoms with E-state index in [9.17, 15) is 4.79 Å². The first-order chi connectivity index (χ1) is 7.42. The van der Waals surface area contributed by atoms with Gasteiger partial charge in [-0.1, -0.05) is 0 Å². The molecule has 1 saturated heterocycles. The van der Waals surface area contributed by atoms with E-state index in [-0.39, 0.29) is 5.97 Å². The third-order valence-corrected chi connectivity index (χ3v) is 2.14. The van der Waals surface area contributed by atoms with E-state index in [1.54, 1.807) is 0 Å². The van der Waals surface area contributed by atoms with Crippen LogP contribution in [0.15, 0.2) is 11.6 Å². The van der Waals surface area contributed by atoms with Crippen LogP contribution in [0.25, 0.3) is 0 Å². The second-order valence-electron chi connectivity index (χ2n) is 4.80. The Morgan fingerprint density at radius 2 is 2.31 bits per heavy atom. The first-order valence-electron chi connectivity index (χ1n) is 5.34. The minimum atomic E-state index is -0.491. The summed E-state index contributed by atoms with van der Waals surface area (Å²) in [7, 11) is 0. The van der Waals surface area contributed by atoms with Crippen LogP contribution in [0, 0.1) is 11.3 Å². The molecule has 0 bridgehead atoms. The van der Waals surface area contributed by atoms with E-state index >= 15 is 0 Å². The lowest BCUT2D eigenvalue weighted by atomic mass is 10.0. The first-order valence-corrected chi connectivity index (χ1v) is 5.34. The van der Waals surface area contributed by atoms with Gasteiger partial charge in [0.2, 0.25) is 0 Å². The lowest BCUT2D eigenvalue weighted by molar-refractivity contribution is -0.169. The van der Waals surface area contributed by atoms with Crippen molar-refractivity contribution in [1.29, 1.82) is 5.26 Å². The zero-order valence-electron chi connectivity index (χ0n) is 9.95. The number of nitriles is 1. The zero-order chi connectivity index (χ0) is 12.2. The summed E-state index contributed by atoms with van der Waals surface area (Å²) in [6, 6.07) is 1.96.